The van der Waals surface area contributed by atoms with E-state index in [4.69, 9.17) is 4.74 Å². The van der Waals surface area contributed by atoms with Crippen LogP contribution in [-0.2, 0) is 0 Å². The van der Waals surface area contributed by atoms with E-state index in [2.05, 4.69) is 21.0 Å². The van der Waals surface area contributed by atoms with Crippen LogP contribution in [0.5, 0.6) is 5.88 Å². The average Bonchev–Trinajstić information content (AvgIpc) is 3.04. The molecule has 2 atom stereocenters. The van der Waals surface area contributed by atoms with Crippen molar-refractivity contribution in [1.29, 1.82) is 0 Å². The Labute approximate surface area is 106 Å². The highest BCUT2D eigenvalue weighted by molar-refractivity contribution is 6.99. The Balaban J connectivity index is 1.52. The van der Waals surface area contributed by atoms with E-state index in [1.165, 1.54) is 12.8 Å². The number of ether oxygens (including phenoxy) is 1. The molecule has 0 aromatic carbocycles. The van der Waals surface area contributed by atoms with Crippen molar-refractivity contribution in [3.63, 3.8) is 0 Å². The molecule has 17 heavy (non-hydrogen) atoms. The molecular weight excluding hydrogens is 238 g/mol. The van der Waals surface area contributed by atoms with Gasteiger partial charge in [0, 0.05) is 6.54 Å². The maximum atomic E-state index is 9.68. The van der Waals surface area contributed by atoms with E-state index in [0.717, 1.165) is 24.2 Å². The summed E-state index contributed by atoms with van der Waals surface area (Å²) in [6, 6.07) is 0. The second-order valence-electron chi connectivity index (χ2n) is 4.68. The number of rotatable bonds is 8. The van der Waals surface area contributed by atoms with Gasteiger partial charge in [-0.2, -0.15) is 4.37 Å². The summed E-state index contributed by atoms with van der Waals surface area (Å²) in [6.07, 6.45) is 3.79. The van der Waals surface area contributed by atoms with Gasteiger partial charge in [-0.25, -0.2) is 0 Å². The Hall–Kier alpha value is -0.720. The molecule has 2 unspecified atom stereocenters. The highest BCUT2D eigenvalue weighted by Gasteiger charge is 2.27. The van der Waals surface area contributed by atoms with Crippen molar-refractivity contribution in [1.82, 2.24) is 14.1 Å². The normalized spacial score (nSPS) is 18.9. The van der Waals surface area contributed by atoms with Gasteiger partial charge < -0.3 is 15.2 Å². The lowest BCUT2D eigenvalue weighted by atomic mass is 10.1. The van der Waals surface area contributed by atoms with Gasteiger partial charge in [-0.1, -0.05) is 6.92 Å². The van der Waals surface area contributed by atoms with Crippen molar-refractivity contribution in [2.45, 2.75) is 25.9 Å². The predicted octanol–water partition coefficient (Wildman–Crippen LogP) is 0.913. The maximum absolute atomic E-state index is 9.68. The molecule has 0 aliphatic heterocycles. The van der Waals surface area contributed by atoms with Gasteiger partial charge in [0.15, 0.2) is 0 Å². The fraction of sp³-hybridized carbons (Fsp3) is 0.818. The van der Waals surface area contributed by atoms with Gasteiger partial charge in [0.05, 0.1) is 11.7 Å². The number of aliphatic hydroxyl groups excluding tert-OH is 1. The van der Waals surface area contributed by atoms with E-state index in [1.807, 2.05) is 0 Å². The second kappa shape index (κ2) is 6.28. The van der Waals surface area contributed by atoms with Gasteiger partial charge in [-0.15, -0.1) is 4.37 Å². The molecule has 6 heteroatoms. The summed E-state index contributed by atoms with van der Waals surface area (Å²) in [4.78, 5) is 0. The highest BCUT2D eigenvalue weighted by atomic mass is 32.1. The van der Waals surface area contributed by atoms with Crippen LogP contribution in [-0.4, -0.2) is 39.7 Å². The largest absolute Gasteiger partial charge is 0.473 e. The van der Waals surface area contributed by atoms with Crippen LogP contribution < -0.4 is 10.1 Å². The van der Waals surface area contributed by atoms with E-state index < -0.39 is 6.10 Å². The Morgan fingerprint density at radius 1 is 1.59 bits per heavy atom. The van der Waals surface area contributed by atoms with Gasteiger partial charge in [0.1, 0.15) is 18.9 Å². The first-order valence-corrected chi connectivity index (χ1v) is 6.78. The van der Waals surface area contributed by atoms with Crippen molar-refractivity contribution in [3.8, 4) is 5.88 Å². The zero-order valence-electron chi connectivity index (χ0n) is 10.0. The van der Waals surface area contributed by atoms with Crippen LogP contribution in [0.1, 0.15) is 19.8 Å². The van der Waals surface area contributed by atoms with Crippen LogP contribution in [0.25, 0.3) is 0 Å². The third-order valence-corrected chi connectivity index (χ3v) is 3.50. The monoisotopic (exact) mass is 257 g/mol. The van der Waals surface area contributed by atoms with E-state index in [9.17, 15) is 5.11 Å². The number of aliphatic hydroxyl groups is 1. The van der Waals surface area contributed by atoms with Crippen molar-refractivity contribution in [3.05, 3.63) is 6.20 Å². The Kier molecular flexibility index (Phi) is 4.70. The number of hydrogen-bond donors (Lipinski definition) is 2. The topological polar surface area (TPSA) is 67.3 Å². The first-order chi connectivity index (χ1) is 8.25. The summed E-state index contributed by atoms with van der Waals surface area (Å²) in [6.45, 7) is 4.05. The summed E-state index contributed by atoms with van der Waals surface area (Å²) >= 11 is 1.10. The highest BCUT2D eigenvalue weighted by Crippen LogP contribution is 2.35. The SMILES string of the molecule is CC(CNCC(O)COc1cnsn1)C1CC1. The lowest BCUT2D eigenvalue weighted by molar-refractivity contribution is 0.103. The Bertz CT molecular complexity index is 317. The van der Waals surface area contributed by atoms with Crippen molar-refractivity contribution < 1.29 is 9.84 Å². The van der Waals surface area contributed by atoms with Crippen LogP contribution in [0, 0.1) is 11.8 Å². The Morgan fingerprint density at radius 3 is 3.06 bits per heavy atom. The minimum Gasteiger partial charge on any atom is -0.473 e. The van der Waals surface area contributed by atoms with E-state index in [-0.39, 0.29) is 6.61 Å². The molecule has 2 N–H and O–H groups in total. The molecule has 0 radical (unpaired) electrons. The molecule has 96 valence electrons. The predicted molar refractivity (Wildman–Crippen MR) is 66.2 cm³/mol. The minimum absolute atomic E-state index is 0.260. The zero-order chi connectivity index (χ0) is 12.1. The molecule has 1 heterocycles. The van der Waals surface area contributed by atoms with Crippen LogP contribution in [0.2, 0.25) is 0 Å². The molecule has 1 aliphatic carbocycles. The van der Waals surface area contributed by atoms with Crippen molar-refractivity contribution in [2.24, 2.45) is 11.8 Å². The summed E-state index contributed by atoms with van der Waals surface area (Å²) < 4.78 is 13.0. The van der Waals surface area contributed by atoms with Crippen molar-refractivity contribution in [2.75, 3.05) is 19.7 Å². The summed E-state index contributed by atoms with van der Waals surface area (Å²) in [5.74, 6) is 2.10. The van der Waals surface area contributed by atoms with E-state index in [0.29, 0.717) is 18.3 Å². The molecule has 1 saturated carbocycles. The third-order valence-electron chi connectivity index (χ3n) is 3.04. The van der Waals surface area contributed by atoms with Gasteiger partial charge in [0.25, 0.3) is 0 Å². The minimum atomic E-state index is -0.497. The fourth-order valence-electron chi connectivity index (χ4n) is 1.77. The number of hydrogen-bond acceptors (Lipinski definition) is 6. The third kappa shape index (κ3) is 4.57. The molecule has 1 aromatic heterocycles. The average molecular weight is 257 g/mol. The lowest BCUT2D eigenvalue weighted by Crippen LogP contribution is -2.34. The van der Waals surface area contributed by atoms with Crippen LogP contribution in [0.15, 0.2) is 6.20 Å². The van der Waals surface area contributed by atoms with E-state index in [1.54, 1.807) is 6.20 Å². The molecule has 0 bridgehead atoms. The first kappa shape index (κ1) is 12.7. The van der Waals surface area contributed by atoms with Crippen LogP contribution in [0.4, 0.5) is 0 Å². The molecular formula is C11H19N3O2S. The molecule has 2 rings (SSSR count). The van der Waals surface area contributed by atoms with Gasteiger partial charge in [0.2, 0.25) is 5.88 Å². The van der Waals surface area contributed by atoms with E-state index >= 15 is 0 Å². The summed E-state index contributed by atoms with van der Waals surface area (Å²) in [5, 5.41) is 13.0. The standard InChI is InChI=1S/C11H19N3O2S/c1-8(9-2-3-9)4-12-5-10(15)7-16-11-6-13-17-14-11/h6,8-10,12,15H,2-5,7H2,1H3. The number of nitrogens with zero attached hydrogens (tertiary/aromatic N) is 2. The van der Waals surface area contributed by atoms with Gasteiger partial charge in [-0.3, -0.25) is 0 Å². The van der Waals surface area contributed by atoms with Crippen LogP contribution >= 0.6 is 11.7 Å². The van der Waals surface area contributed by atoms with Gasteiger partial charge >= 0.3 is 0 Å². The molecule has 5 nitrogen and oxygen atoms in total. The summed E-state index contributed by atoms with van der Waals surface area (Å²) in [5.41, 5.74) is 0. The van der Waals surface area contributed by atoms with Crippen molar-refractivity contribution >= 4 is 11.7 Å². The smallest absolute Gasteiger partial charge is 0.245 e. The zero-order valence-corrected chi connectivity index (χ0v) is 10.8. The first-order valence-electron chi connectivity index (χ1n) is 6.05. The molecule has 0 spiro atoms. The molecule has 1 aliphatic rings. The number of aromatic nitrogens is 2. The second-order valence-corrected chi connectivity index (χ2v) is 5.24. The molecule has 0 saturated heterocycles. The molecule has 1 fully saturated rings. The molecule has 0 amide bonds. The number of nitrogens with one attached hydrogen (secondary N) is 1. The Morgan fingerprint density at radius 2 is 2.41 bits per heavy atom. The van der Waals surface area contributed by atoms with Crippen LogP contribution in [0.3, 0.4) is 0 Å². The lowest BCUT2D eigenvalue weighted by Gasteiger charge is -2.14. The maximum Gasteiger partial charge on any atom is 0.245 e. The molecule has 1 aromatic rings. The van der Waals surface area contributed by atoms with Gasteiger partial charge in [-0.05, 0) is 31.2 Å². The fourth-order valence-corrected chi connectivity index (χ4v) is 2.13. The quantitative estimate of drug-likeness (QED) is 0.724. The summed E-state index contributed by atoms with van der Waals surface area (Å²) in [7, 11) is 0.